The van der Waals surface area contributed by atoms with E-state index in [2.05, 4.69) is 15.3 Å². The summed E-state index contributed by atoms with van der Waals surface area (Å²) in [5.74, 6) is -0.802. The van der Waals surface area contributed by atoms with E-state index in [1.54, 1.807) is 23.7 Å². The lowest BCUT2D eigenvalue weighted by atomic mass is 10.2. The first kappa shape index (κ1) is 14.6. The van der Waals surface area contributed by atoms with Crippen LogP contribution in [0.3, 0.4) is 0 Å². The third-order valence-corrected chi connectivity index (χ3v) is 3.87. The van der Waals surface area contributed by atoms with Gasteiger partial charge in [-0.25, -0.2) is 4.98 Å². The second-order valence-electron chi connectivity index (χ2n) is 4.37. The van der Waals surface area contributed by atoms with Gasteiger partial charge in [0.25, 0.3) is 0 Å². The maximum Gasteiger partial charge on any atom is 0.320 e. The number of carboxylic acid groups (broad SMARTS) is 1. The predicted octanol–water partition coefficient (Wildman–Crippen LogP) is 2.20. The van der Waals surface area contributed by atoms with Gasteiger partial charge < -0.3 is 10.4 Å². The van der Waals surface area contributed by atoms with Gasteiger partial charge in [0.1, 0.15) is 6.04 Å². The van der Waals surface area contributed by atoms with E-state index in [0.29, 0.717) is 13.0 Å². The number of hydrogen-bond donors (Lipinski definition) is 2. The number of carbonyl (C=O) groups is 1. The molecule has 1 unspecified atom stereocenters. The fraction of sp³-hybridized carbons (Fsp3) is 0.357. The molecule has 0 aliphatic heterocycles. The second-order valence-corrected chi connectivity index (χ2v) is 5.31. The van der Waals surface area contributed by atoms with Crippen LogP contribution >= 0.6 is 11.3 Å². The second kappa shape index (κ2) is 7.12. The predicted molar refractivity (Wildman–Crippen MR) is 78.8 cm³/mol. The van der Waals surface area contributed by atoms with Gasteiger partial charge in [-0.1, -0.05) is 6.92 Å². The average molecular weight is 291 g/mol. The van der Waals surface area contributed by atoms with Crippen LogP contribution in [0.5, 0.6) is 0 Å². The van der Waals surface area contributed by atoms with Gasteiger partial charge in [0, 0.05) is 36.3 Å². The fourth-order valence-corrected chi connectivity index (χ4v) is 2.65. The Kier molecular flexibility index (Phi) is 5.20. The van der Waals surface area contributed by atoms with Crippen molar-refractivity contribution in [3.63, 3.8) is 0 Å². The van der Waals surface area contributed by atoms with E-state index in [9.17, 15) is 4.79 Å². The highest BCUT2D eigenvalue weighted by Gasteiger charge is 2.13. The first-order valence-electron chi connectivity index (χ1n) is 6.51. The van der Waals surface area contributed by atoms with E-state index < -0.39 is 12.0 Å². The number of pyridine rings is 1. The smallest absolute Gasteiger partial charge is 0.320 e. The standard InChI is InChI=1S/C14H17N3O2S/c1-2-11(14(18)19)16-8-5-13-17-12(9-20-13)10-3-6-15-7-4-10/h3-4,6-7,9,11,16H,2,5,8H2,1H3,(H,18,19). The largest absolute Gasteiger partial charge is 0.480 e. The Morgan fingerprint density at radius 1 is 1.45 bits per heavy atom. The van der Waals surface area contributed by atoms with Gasteiger partial charge in [0.05, 0.1) is 10.7 Å². The highest BCUT2D eigenvalue weighted by molar-refractivity contribution is 7.09. The summed E-state index contributed by atoms with van der Waals surface area (Å²) in [6, 6.07) is 3.37. The number of hydrogen-bond acceptors (Lipinski definition) is 5. The molecule has 0 radical (unpaired) electrons. The van der Waals surface area contributed by atoms with Crippen molar-refractivity contribution in [2.45, 2.75) is 25.8 Å². The van der Waals surface area contributed by atoms with E-state index in [4.69, 9.17) is 5.11 Å². The lowest BCUT2D eigenvalue weighted by Crippen LogP contribution is -2.37. The van der Waals surface area contributed by atoms with Gasteiger partial charge in [0.15, 0.2) is 0 Å². The summed E-state index contributed by atoms with van der Waals surface area (Å²) in [6.07, 6.45) is 4.80. The quantitative estimate of drug-likeness (QED) is 0.818. The minimum atomic E-state index is -0.802. The van der Waals surface area contributed by atoms with Gasteiger partial charge in [-0.2, -0.15) is 0 Å². The molecule has 20 heavy (non-hydrogen) atoms. The zero-order valence-corrected chi connectivity index (χ0v) is 12.1. The summed E-state index contributed by atoms with van der Waals surface area (Å²) in [6.45, 7) is 2.48. The molecular formula is C14H17N3O2S. The van der Waals surface area contributed by atoms with Gasteiger partial charge in [0.2, 0.25) is 0 Å². The zero-order valence-electron chi connectivity index (χ0n) is 11.2. The molecule has 0 saturated heterocycles. The molecule has 2 rings (SSSR count). The van der Waals surface area contributed by atoms with Gasteiger partial charge in [-0.3, -0.25) is 9.78 Å². The van der Waals surface area contributed by atoms with Crippen molar-refractivity contribution in [3.8, 4) is 11.3 Å². The van der Waals surface area contributed by atoms with Crippen LogP contribution < -0.4 is 5.32 Å². The number of nitrogens with zero attached hydrogens (tertiary/aromatic N) is 2. The van der Waals surface area contributed by atoms with Crippen molar-refractivity contribution in [1.82, 2.24) is 15.3 Å². The summed E-state index contributed by atoms with van der Waals surface area (Å²) in [5.41, 5.74) is 1.99. The van der Waals surface area contributed by atoms with Crippen molar-refractivity contribution in [1.29, 1.82) is 0 Å². The van der Waals surface area contributed by atoms with Crippen LogP contribution in [-0.4, -0.2) is 33.6 Å². The zero-order chi connectivity index (χ0) is 14.4. The van der Waals surface area contributed by atoms with Crippen LogP contribution in [0.4, 0.5) is 0 Å². The molecule has 2 aromatic rings. The van der Waals surface area contributed by atoms with E-state index >= 15 is 0 Å². The van der Waals surface area contributed by atoms with Crippen LogP contribution in [0.2, 0.25) is 0 Å². The SMILES string of the molecule is CCC(NCCc1nc(-c2ccncc2)cs1)C(=O)O. The van der Waals surface area contributed by atoms with Crippen molar-refractivity contribution >= 4 is 17.3 Å². The number of nitrogens with one attached hydrogen (secondary N) is 1. The lowest BCUT2D eigenvalue weighted by molar-refractivity contribution is -0.139. The summed E-state index contributed by atoms with van der Waals surface area (Å²) in [4.78, 5) is 19.4. The molecule has 0 saturated carbocycles. The Balaban J connectivity index is 1.89. The van der Waals surface area contributed by atoms with Crippen LogP contribution in [0.25, 0.3) is 11.3 Å². The molecule has 0 bridgehead atoms. The molecular weight excluding hydrogens is 274 g/mol. The number of thiazole rings is 1. The molecule has 0 aliphatic rings. The average Bonchev–Trinajstić information content (AvgIpc) is 2.93. The minimum absolute atomic E-state index is 0.477. The minimum Gasteiger partial charge on any atom is -0.480 e. The maximum atomic E-state index is 10.9. The maximum absolute atomic E-state index is 10.9. The highest BCUT2D eigenvalue weighted by Crippen LogP contribution is 2.21. The molecule has 106 valence electrons. The molecule has 5 nitrogen and oxygen atoms in total. The molecule has 0 amide bonds. The van der Waals surface area contributed by atoms with Gasteiger partial charge >= 0.3 is 5.97 Å². The van der Waals surface area contributed by atoms with E-state index in [1.165, 1.54) is 0 Å². The topological polar surface area (TPSA) is 75.1 Å². The number of carboxylic acids is 1. The normalized spacial score (nSPS) is 12.2. The summed E-state index contributed by atoms with van der Waals surface area (Å²) in [5, 5.41) is 15.0. The number of aliphatic carboxylic acids is 1. The molecule has 0 aromatic carbocycles. The van der Waals surface area contributed by atoms with Crippen molar-refractivity contribution < 1.29 is 9.90 Å². The molecule has 0 spiro atoms. The van der Waals surface area contributed by atoms with Gasteiger partial charge in [-0.05, 0) is 18.6 Å². The molecule has 2 aromatic heterocycles. The Hall–Kier alpha value is -1.79. The third kappa shape index (κ3) is 3.85. The Bertz CT molecular complexity index is 557. The monoisotopic (exact) mass is 291 g/mol. The summed E-state index contributed by atoms with van der Waals surface area (Å²) >= 11 is 1.59. The molecule has 0 aliphatic carbocycles. The van der Waals surface area contributed by atoms with Crippen molar-refractivity contribution in [3.05, 3.63) is 34.9 Å². The van der Waals surface area contributed by atoms with E-state index in [-0.39, 0.29) is 0 Å². The van der Waals surface area contributed by atoms with Gasteiger partial charge in [-0.15, -0.1) is 11.3 Å². The Morgan fingerprint density at radius 3 is 2.85 bits per heavy atom. The Labute approximate surface area is 121 Å². The summed E-state index contributed by atoms with van der Waals surface area (Å²) < 4.78 is 0. The molecule has 2 heterocycles. The number of aromatic nitrogens is 2. The van der Waals surface area contributed by atoms with E-state index in [1.807, 2.05) is 24.4 Å². The highest BCUT2D eigenvalue weighted by atomic mass is 32.1. The lowest BCUT2D eigenvalue weighted by Gasteiger charge is -2.10. The number of rotatable bonds is 7. The van der Waals surface area contributed by atoms with E-state index in [0.717, 1.165) is 22.7 Å². The van der Waals surface area contributed by atoms with Crippen LogP contribution in [0, 0.1) is 0 Å². The third-order valence-electron chi connectivity index (χ3n) is 2.96. The van der Waals surface area contributed by atoms with Crippen LogP contribution in [0.15, 0.2) is 29.9 Å². The molecule has 0 fully saturated rings. The van der Waals surface area contributed by atoms with Crippen LogP contribution in [-0.2, 0) is 11.2 Å². The first-order chi connectivity index (χ1) is 9.70. The van der Waals surface area contributed by atoms with Crippen molar-refractivity contribution in [2.24, 2.45) is 0 Å². The molecule has 6 heteroatoms. The molecule has 1 atom stereocenters. The van der Waals surface area contributed by atoms with Crippen molar-refractivity contribution in [2.75, 3.05) is 6.54 Å². The Morgan fingerprint density at radius 2 is 2.20 bits per heavy atom. The summed E-state index contributed by atoms with van der Waals surface area (Å²) in [7, 11) is 0. The van der Waals surface area contributed by atoms with Crippen LogP contribution in [0.1, 0.15) is 18.4 Å². The first-order valence-corrected chi connectivity index (χ1v) is 7.39. The fourth-order valence-electron chi connectivity index (χ4n) is 1.84. The molecule has 2 N–H and O–H groups in total.